The van der Waals surface area contributed by atoms with Gasteiger partial charge in [0.25, 0.3) is 0 Å². The Labute approximate surface area is 165 Å². The number of rotatable bonds is 8. The molecule has 0 aromatic heterocycles. The quantitative estimate of drug-likeness (QED) is 0.629. The van der Waals surface area contributed by atoms with Crippen LogP contribution in [0.25, 0.3) is 0 Å². The van der Waals surface area contributed by atoms with E-state index >= 15 is 0 Å². The second-order valence-corrected chi connectivity index (χ2v) is 7.38. The van der Waals surface area contributed by atoms with Crippen molar-refractivity contribution in [2.45, 2.75) is 70.0 Å². The van der Waals surface area contributed by atoms with Gasteiger partial charge in [0, 0.05) is 6.54 Å². The van der Waals surface area contributed by atoms with E-state index in [0.29, 0.717) is 25.8 Å². The summed E-state index contributed by atoms with van der Waals surface area (Å²) in [7, 11) is 0. The third-order valence-corrected chi connectivity index (χ3v) is 5.31. The van der Waals surface area contributed by atoms with Crippen molar-refractivity contribution in [3.8, 4) is 0 Å². The number of aryl methyl sites for hydroxylation is 1. The van der Waals surface area contributed by atoms with E-state index in [9.17, 15) is 24.6 Å². The molecule has 1 amide bonds. The van der Waals surface area contributed by atoms with E-state index in [-0.39, 0.29) is 5.91 Å². The average molecular weight is 390 g/mol. The molecule has 2 rings (SSSR count). The summed E-state index contributed by atoms with van der Waals surface area (Å²) in [5.41, 5.74) is 1.04. The molecular formula is C21H30N2O5. The lowest BCUT2D eigenvalue weighted by molar-refractivity contribution is -0.151. The standard InChI is InChI=1S/C21H30N2O5/c1-15(20(25)26)23-14-8-3-2-7-11-17(19(23)24)22-18(21(27)28)13-12-16-9-5-4-6-10-16/h4-6,9-10,15,17-18,22H,2-3,7-8,11-14H2,1H3,(H,25,26)(H,27,28). The maximum atomic E-state index is 13.0. The summed E-state index contributed by atoms with van der Waals surface area (Å²) in [5.74, 6) is -2.37. The molecular weight excluding hydrogens is 360 g/mol. The average Bonchev–Trinajstić information content (AvgIpc) is 2.76. The number of amides is 1. The third-order valence-electron chi connectivity index (χ3n) is 5.31. The van der Waals surface area contributed by atoms with Gasteiger partial charge in [0.1, 0.15) is 12.1 Å². The van der Waals surface area contributed by atoms with Crippen LogP contribution in [0.15, 0.2) is 30.3 Å². The Bertz CT molecular complexity index is 664. The minimum absolute atomic E-state index is 0.317. The molecule has 0 bridgehead atoms. The summed E-state index contributed by atoms with van der Waals surface area (Å²) >= 11 is 0. The number of carboxylic acid groups (broad SMARTS) is 2. The monoisotopic (exact) mass is 390 g/mol. The number of nitrogens with one attached hydrogen (secondary N) is 1. The highest BCUT2D eigenvalue weighted by molar-refractivity contribution is 5.87. The van der Waals surface area contributed by atoms with Gasteiger partial charge in [-0.05, 0) is 38.2 Å². The van der Waals surface area contributed by atoms with Crippen LogP contribution in [0.5, 0.6) is 0 Å². The normalized spacial score (nSPS) is 20.5. The molecule has 0 spiro atoms. The molecule has 1 saturated heterocycles. The maximum absolute atomic E-state index is 13.0. The van der Waals surface area contributed by atoms with E-state index in [1.54, 1.807) is 0 Å². The first-order chi connectivity index (χ1) is 13.4. The first-order valence-electron chi connectivity index (χ1n) is 9.96. The highest BCUT2D eigenvalue weighted by Crippen LogP contribution is 2.17. The fraction of sp³-hybridized carbons (Fsp3) is 0.571. The molecule has 1 fully saturated rings. The molecule has 1 aromatic carbocycles. The van der Waals surface area contributed by atoms with Gasteiger partial charge in [0.05, 0.1) is 6.04 Å². The van der Waals surface area contributed by atoms with E-state index in [4.69, 9.17) is 0 Å². The highest BCUT2D eigenvalue weighted by Gasteiger charge is 2.33. The van der Waals surface area contributed by atoms with Gasteiger partial charge in [0.2, 0.25) is 5.91 Å². The van der Waals surface area contributed by atoms with Crippen LogP contribution in [0.3, 0.4) is 0 Å². The lowest BCUT2D eigenvalue weighted by Crippen LogP contribution is -2.55. The van der Waals surface area contributed by atoms with Gasteiger partial charge in [-0.3, -0.25) is 14.9 Å². The molecule has 154 valence electrons. The smallest absolute Gasteiger partial charge is 0.326 e. The van der Waals surface area contributed by atoms with E-state index in [0.717, 1.165) is 31.2 Å². The number of carboxylic acids is 2. The summed E-state index contributed by atoms with van der Waals surface area (Å²) in [4.78, 5) is 37.6. The molecule has 3 unspecified atom stereocenters. The van der Waals surface area contributed by atoms with E-state index in [2.05, 4.69) is 5.32 Å². The minimum atomic E-state index is -1.05. The number of carbonyl (C=O) groups is 3. The van der Waals surface area contributed by atoms with Crippen molar-refractivity contribution >= 4 is 17.8 Å². The molecule has 0 aliphatic carbocycles. The molecule has 0 saturated carbocycles. The number of aliphatic carboxylic acids is 2. The number of nitrogens with zero attached hydrogens (tertiary/aromatic N) is 1. The van der Waals surface area contributed by atoms with Crippen LogP contribution in [-0.4, -0.2) is 57.6 Å². The molecule has 3 N–H and O–H groups in total. The minimum Gasteiger partial charge on any atom is -0.480 e. The van der Waals surface area contributed by atoms with Crippen LogP contribution in [0.2, 0.25) is 0 Å². The van der Waals surface area contributed by atoms with E-state index < -0.39 is 30.1 Å². The van der Waals surface area contributed by atoms with Crippen molar-refractivity contribution in [2.24, 2.45) is 0 Å². The molecule has 3 atom stereocenters. The Morgan fingerprint density at radius 2 is 1.79 bits per heavy atom. The summed E-state index contributed by atoms with van der Waals surface area (Å²) in [6, 6.07) is 7.14. The molecule has 0 radical (unpaired) electrons. The number of hydrogen-bond acceptors (Lipinski definition) is 4. The van der Waals surface area contributed by atoms with Crippen molar-refractivity contribution in [1.29, 1.82) is 0 Å². The van der Waals surface area contributed by atoms with Gasteiger partial charge in [-0.25, -0.2) is 4.79 Å². The predicted octanol–water partition coefficient (Wildman–Crippen LogP) is 2.30. The summed E-state index contributed by atoms with van der Waals surface area (Å²) in [5, 5.41) is 22.0. The first-order valence-corrected chi connectivity index (χ1v) is 9.96. The Balaban J connectivity index is 2.10. The molecule has 7 heteroatoms. The number of carbonyl (C=O) groups excluding carboxylic acids is 1. The Hall–Kier alpha value is -2.41. The number of benzene rings is 1. The van der Waals surface area contributed by atoms with Crippen LogP contribution >= 0.6 is 0 Å². The molecule has 1 aliphatic heterocycles. The summed E-state index contributed by atoms with van der Waals surface area (Å²) in [6.07, 6.45) is 4.90. The van der Waals surface area contributed by atoms with Gasteiger partial charge >= 0.3 is 11.9 Å². The van der Waals surface area contributed by atoms with Crippen LogP contribution in [0.4, 0.5) is 0 Å². The van der Waals surface area contributed by atoms with Crippen LogP contribution in [0.1, 0.15) is 51.0 Å². The summed E-state index contributed by atoms with van der Waals surface area (Å²) in [6.45, 7) is 1.88. The second kappa shape index (κ2) is 10.8. The Kier molecular flexibility index (Phi) is 8.44. The molecule has 7 nitrogen and oxygen atoms in total. The lowest BCUT2D eigenvalue weighted by Gasteiger charge is -2.31. The second-order valence-electron chi connectivity index (χ2n) is 7.38. The molecule has 1 heterocycles. The van der Waals surface area contributed by atoms with Gasteiger partial charge in [-0.2, -0.15) is 0 Å². The fourth-order valence-corrected chi connectivity index (χ4v) is 3.57. The van der Waals surface area contributed by atoms with Crippen LogP contribution in [0, 0.1) is 0 Å². The highest BCUT2D eigenvalue weighted by atomic mass is 16.4. The van der Waals surface area contributed by atoms with Crippen molar-refractivity contribution in [3.63, 3.8) is 0 Å². The van der Waals surface area contributed by atoms with E-state index in [1.165, 1.54) is 11.8 Å². The Morgan fingerprint density at radius 1 is 1.11 bits per heavy atom. The zero-order valence-corrected chi connectivity index (χ0v) is 16.3. The third kappa shape index (κ3) is 6.34. The van der Waals surface area contributed by atoms with Crippen molar-refractivity contribution in [2.75, 3.05) is 6.54 Å². The van der Waals surface area contributed by atoms with Crippen molar-refractivity contribution in [3.05, 3.63) is 35.9 Å². The Morgan fingerprint density at radius 3 is 2.43 bits per heavy atom. The largest absolute Gasteiger partial charge is 0.480 e. The van der Waals surface area contributed by atoms with Crippen LogP contribution in [-0.2, 0) is 20.8 Å². The summed E-state index contributed by atoms with van der Waals surface area (Å²) < 4.78 is 0. The lowest BCUT2D eigenvalue weighted by atomic mass is 10.0. The maximum Gasteiger partial charge on any atom is 0.326 e. The molecule has 28 heavy (non-hydrogen) atoms. The van der Waals surface area contributed by atoms with Crippen molar-refractivity contribution < 1.29 is 24.6 Å². The zero-order valence-electron chi connectivity index (χ0n) is 16.3. The van der Waals surface area contributed by atoms with Gasteiger partial charge in [0.15, 0.2) is 0 Å². The number of hydrogen-bond donors (Lipinski definition) is 3. The van der Waals surface area contributed by atoms with Gasteiger partial charge in [-0.1, -0.05) is 49.6 Å². The topological polar surface area (TPSA) is 107 Å². The van der Waals surface area contributed by atoms with Crippen molar-refractivity contribution in [1.82, 2.24) is 10.2 Å². The molecule has 1 aliphatic rings. The zero-order chi connectivity index (χ0) is 20.5. The van der Waals surface area contributed by atoms with E-state index in [1.807, 2.05) is 30.3 Å². The SMILES string of the molecule is CC(C(=O)O)N1CCCCCCC(NC(CCc2ccccc2)C(=O)O)C1=O. The predicted molar refractivity (Wildman–Crippen MR) is 105 cm³/mol. The van der Waals surface area contributed by atoms with Crippen LogP contribution < -0.4 is 5.32 Å². The first kappa shape index (κ1) is 21.9. The fourth-order valence-electron chi connectivity index (χ4n) is 3.57. The van der Waals surface area contributed by atoms with Gasteiger partial charge < -0.3 is 15.1 Å². The molecule has 1 aromatic rings. The van der Waals surface area contributed by atoms with Gasteiger partial charge in [-0.15, -0.1) is 0 Å².